The predicted molar refractivity (Wildman–Crippen MR) is 171 cm³/mol. The summed E-state index contributed by atoms with van der Waals surface area (Å²) >= 11 is 0. The van der Waals surface area contributed by atoms with Crippen LogP contribution in [-0.4, -0.2) is 18.0 Å². The molecule has 0 fully saturated rings. The van der Waals surface area contributed by atoms with Crippen LogP contribution >= 0.6 is 0 Å². The lowest BCUT2D eigenvalue weighted by Gasteiger charge is -2.18. The Labute approximate surface area is 245 Å². The molecular formula is C35H69N2O2. The molecule has 0 aliphatic carbocycles. The van der Waals surface area contributed by atoms with Gasteiger partial charge < -0.3 is 10.6 Å². The highest BCUT2D eigenvalue weighted by molar-refractivity contribution is 5.79. The topological polar surface area (TPSA) is 58.2 Å². The van der Waals surface area contributed by atoms with Gasteiger partial charge in [0.15, 0.2) is 0 Å². The summed E-state index contributed by atoms with van der Waals surface area (Å²) in [4.78, 5) is 24.6. The van der Waals surface area contributed by atoms with Crippen LogP contribution in [0, 0.1) is 6.92 Å². The third-order valence-corrected chi connectivity index (χ3v) is 7.97. The zero-order valence-corrected chi connectivity index (χ0v) is 26.6. The lowest BCUT2D eigenvalue weighted by atomic mass is 10.0. The van der Waals surface area contributed by atoms with Gasteiger partial charge in [-0.1, -0.05) is 168 Å². The molecule has 2 N–H and O–H groups in total. The van der Waals surface area contributed by atoms with Crippen molar-refractivity contribution < 1.29 is 9.59 Å². The first-order valence-electron chi connectivity index (χ1n) is 17.5. The van der Waals surface area contributed by atoms with Crippen molar-refractivity contribution in [3.63, 3.8) is 0 Å². The van der Waals surface area contributed by atoms with Crippen molar-refractivity contribution in [1.82, 2.24) is 10.6 Å². The lowest BCUT2D eigenvalue weighted by Crippen LogP contribution is -2.47. The summed E-state index contributed by atoms with van der Waals surface area (Å²) < 4.78 is 0. The van der Waals surface area contributed by atoms with Gasteiger partial charge in [0.25, 0.3) is 0 Å². The highest BCUT2D eigenvalue weighted by Crippen LogP contribution is 2.14. The van der Waals surface area contributed by atoms with E-state index in [1.54, 1.807) is 0 Å². The Morgan fingerprint density at radius 1 is 0.436 bits per heavy atom. The summed E-state index contributed by atoms with van der Waals surface area (Å²) in [7, 11) is 0. The van der Waals surface area contributed by atoms with Gasteiger partial charge in [-0.2, -0.15) is 0 Å². The second-order valence-corrected chi connectivity index (χ2v) is 12.0. The molecule has 0 aromatic rings. The maximum Gasteiger partial charge on any atom is 0.221 e. The van der Waals surface area contributed by atoms with E-state index in [0.29, 0.717) is 19.3 Å². The van der Waals surface area contributed by atoms with Crippen molar-refractivity contribution in [3.05, 3.63) is 6.92 Å². The maximum atomic E-state index is 12.3. The fraction of sp³-hybridized carbons (Fsp3) is 0.914. The molecule has 0 aromatic carbocycles. The van der Waals surface area contributed by atoms with Crippen LogP contribution < -0.4 is 10.6 Å². The summed E-state index contributed by atoms with van der Waals surface area (Å²) in [5.74, 6) is 0.0703. The summed E-state index contributed by atoms with van der Waals surface area (Å²) in [6.07, 6.45) is 35.2. The van der Waals surface area contributed by atoms with Crippen LogP contribution in [0.3, 0.4) is 0 Å². The van der Waals surface area contributed by atoms with Gasteiger partial charge in [0, 0.05) is 12.8 Å². The quantitative estimate of drug-likeness (QED) is 0.0667. The molecule has 0 rings (SSSR count). The maximum absolute atomic E-state index is 12.3. The van der Waals surface area contributed by atoms with Crippen LogP contribution in [-0.2, 0) is 9.59 Å². The minimum atomic E-state index is -0.339. The Balaban J connectivity index is 3.54. The van der Waals surface area contributed by atoms with E-state index in [4.69, 9.17) is 0 Å². The van der Waals surface area contributed by atoms with Crippen LogP contribution in [0.25, 0.3) is 0 Å². The number of carbonyl (C=O) groups is 2. The van der Waals surface area contributed by atoms with Gasteiger partial charge in [0.2, 0.25) is 11.8 Å². The summed E-state index contributed by atoms with van der Waals surface area (Å²) in [5.41, 5.74) is 0. The van der Waals surface area contributed by atoms with Gasteiger partial charge in [0.05, 0.1) is 0 Å². The van der Waals surface area contributed by atoms with E-state index in [9.17, 15) is 9.59 Å². The minimum absolute atomic E-state index is 0.0352. The first-order chi connectivity index (χ1) is 19.1. The third kappa shape index (κ3) is 29.7. The average Bonchev–Trinajstić information content (AvgIpc) is 2.93. The molecule has 2 amide bonds. The Bertz CT molecular complexity index is 479. The van der Waals surface area contributed by atoms with Gasteiger partial charge >= 0.3 is 0 Å². The van der Waals surface area contributed by atoms with Gasteiger partial charge in [0.1, 0.15) is 6.17 Å². The van der Waals surface area contributed by atoms with E-state index in [2.05, 4.69) is 31.4 Å². The molecule has 0 bridgehead atoms. The van der Waals surface area contributed by atoms with E-state index >= 15 is 0 Å². The fourth-order valence-electron chi connectivity index (χ4n) is 5.32. The molecule has 0 unspecified atom stereocenters. The number of amides is 2. The molecule has 231 valence electrons. The van der Waals surface area contributed by atoms with E-state index in [1.807, 2.05) is 0 Å². The Kier molecular flexibility index (Phi) is 30.6. The molecule has 0 heterocycles. The molecule has 0 aliphatic rings. The molecule has 0 aromatic heterocycles. The summed E-state index contributed by atoms with van der Waals surface area (Å²) in [6.45, 7) is 8.45. The molecule has 4 heteroatoms. The second kappa shape index (κ2) is 31.5. The van der Waals surface area contributed by atoms with Crippen molar-refractivity contribution in [2.24, 2.45) is 0 Å². The lowest BCUT2D eigenvalue weighted by molar-refractivity contribution is -0.124. The summed E-state index contributed by atoms with van der Waals surface area (Å²) in [5, 5.41) is 5.91. The predicted octanol–water partition coefficient (Wildman–Crippen LogP) is 10.7. The Morgan fingerprint density at radius 2 is 0.667 bits per heavy atom. The van der Waals surface area contributed by atoms with E-state index in [1.165, 1.54) is 141 Å². The first kappa shape index (κ1) is 37.9. The van der Waals surface area contributed by atoms with Gasteiger partial charge in [-0.3, -0.25) is 9.59 Å². The zero-order valence-electron chi connectivity index (χ0n) is 26.6. The number of carbonyl (C=O) groups excluding carboxylic acids is 2. The van der Waals surface area contributed by atoms with Gasteiger partial charge in [-0.15, -0.1) is 0 Å². The number of hydrogen-bond donors (Lipinski definition) is 2. The summed E-state index contributed by atoms with van der Waals surface area (Å²) in [6, 6.07) is 0. The molecule has 39 heavy (non-hydrogen) atoms. The number of rotatable bonds is 31. The molecule has 0 spiro atoms. The standard InChI is InChI=1S/C35H69N2O2/c1-4-7-9-11-13-15-17-19-21-23-25-27-29-31-34(38)36-33(6-3)37-35(39)32-30-28-26-24-22-20-18-16-14-12-10-8-5-2/h33H,3-32H2,1-2H3,(H,36,38)(H,37,39). The SMILES string of the molecule is [CH2]CC(NC(=O)CCCCCCCCCCCCCCC)NC(=O)CCCCCCCCCCCCCCC. The number of unbranched alkanes of at least 4 members (excludes halogenated alkanes) is 24. The molecule has 4 nitrogen and oxygen atoms in total. The normalized spacial score (nSPS) is 11.3. The molecule has 0 aliphatic heterocycles. The number of hydrogen-bond acceptors (Lipinski definition) is 2. The second-order valence-electron chi connectivity index (χ2n) is 12.0. The van der Waals surface area contributed by atoms with Crippen LogP contribution in [0.1, 0.15) is 200 Å². The van der Waals surface area contributed by atoms with Gasteiger partial charge in [-0.05, 0) is 26.2 Å². The van der Waals surface area contributed by atoms with E-state index in [-0.39, 0.29) is 18.0 Å². The average molecular weight is 550 g/mol. The largest absolute Gasteiger partial charge is 0.336 e. The van der Waals surface area contributed by atoms with E-state index in [0.717, 1.165) is 25.7 Å². The van der Waals surface area contributed by atoms with Crippen molar-refractivity contribution in [1.29, 1.82) is 0 Å². The molecule has 0 atom stereocenters. The Hall–Kier alpha value is -1.06. The van der Waals surface area contributed by atoms with Crippen LogP contribution in [0.2, 0.25) is 0 Å². The van der Waals surface area contributed by atoms with Crippen molar-refractivity contribution >= 4 is 11.8 Å². The van der Waals surface area contributed by atoms with Crippen LogP contribution in [0.15, 0.2) is 0 Å². The van der Waals surface area contributed by atoms with E-state index < -0.39 is 0 Å². The molecule has 0 saturated carbocycles. The van der Waals surface area contributed by atoms with Crippen molar-refractivity contribution in [2.75, 3.05) is 0 Å². The first-order valence-corrected chi connectivity index (χ1v) is 17.5. The highest BCUT2D eigenvalue weighted by Gasteiger charge is 2.12. The van der Waals surface area contributed by atoms with Crippen LogP contribution in [0.4, 0.5) is 0 Å². The smallest absolute Gasteiger partial charge is 0.221 e. The number of nitrogens with one attached hydrogen (secondary N) is 2. The Morgan fingerprint density at radius 3 is 0.897 bits per heavy atom. The van der Waals surface area contributed by atoms with Crippen molar-refractivity contribution in [3.8, 4) is 0 Å². The molecule has 1 radical (unpaired) electrons. The minimum Gasteiger partial charge on any atom is -0.336 e. The van der Waals surface area contributed by atoms with Crippen LogP contribution in [0.5, 0.6) is 0 Å². The van der Waals surface area contributed by atoms with Crippen molar-refractivity contribution in [2.45, 2.75) is 206 Å². The highest BCUT2D eigenvalue weighted by atomic mass is 16.2. The monoisotopic (exact) mass is 550 g/mol. The molecular weight excluding hydrogens is 480 g/mol. The third-order valence-electron chi connectivity index (χ3n) is 7.97. The van der Waals surface area contributed by atoms with Gasteiger partial charge in [-0.25, -0.2) is 0 Å². The fourth-order valence-corrected chi connectivity index (χ4v) is 5.32. The zero-order chi connectivity index (χ0) is 28.7. The molecule has 0 saturated heterocycles.